The highest BCUT2D eigenvalue weighted by Gasteiger charge is 2.25. The van der Waals surface area contributed by atoms with Crippen molar-refractivity contribution in [2.45, 2.75) is 52.8 Å². The van der Waals surface area contributed by atoms with Gasteiger partial charge in [0, 0.05) is 13.1 Å². The summed E-state index contributed by atoms with van der Waals surface area (Å²) >= 11 is 6.29. The fourth-order valence-electron chi connectivity index (χ4n) is 2.90. The number of hydrogen-bond acceptors (Lipinski definition) is 6. The Morgan fingerprint density at radius 3 is 2.86 bits per heavy atom. The lowest BCUT2D eigenvalue weighted by Crippen LogP contribution is -2.35. The number of esters is 1. The first-order valence-corrected chi connectivity index (χ1v) is 9.88. The van der Waals surface area contributed by atoms with E-state index in [2.05, 4.69) is 17.3 Å². The fourth-order valence-corrected chi connectivity index (χ4v) is 3.23. The van der Waals surface area contributed by atoms with Gasteiger partial charge in [0.1, 0.15) is 10.7 Å². The monoisotopic (exact) mass is 421 g/mol. The average Bonchev–Trinajstić information content (AvgIpc) is 3.27. The molecule has 0 spiro atoms. The van der Waals surface area contributed by atoms with Crippen LogP contribution < -0.4 is 14.8 Å². The number of aromatic nitrogens is 2. The molecule has 0 fully saturated rings. The third-order valence-corrected chi connectivity index (χ3v) is 4.93. The molecule has 0 bridgehead atoms. The van der Waals surface area contributed by atoms with E-state index in [9.17, 15) is 9.59 Å². The molecule has 1 atom stereocenters. The number of nitrogens with one attached hydrogen (secondary N) is 1. The predicted molar refractivity (Wildman–Crippen MR) is 106 cm³/mol. The normalized spacial score (nSPS) is 13.2. The number of ether oxygens (including phenoxy) is 3. The number of carbonyl (C=O) groups is 2. The molecule has 1 aliphatic rings. The van der Waals surface area contributed by atoms with E-state index in [1.54, 1.807) is 23.7 Å². The average molecular weight is 422 g/mol. The number of carbonyl (C=O) groups excluding carboxylic acids is 2. The molecular weight excluding hydrogens is 398 g/mol. The lowest BCUT2D eigenvalue weighted by Gasteiger charge is -2.14. The van der Waals surface area contributed by atoms with Gasteiger partial charge in [0.05, 0.1) is 5.69 Å². The van der Waals surface area contributed by atoms with Gasteiger partial charge in [0.2, 0.25) is 6.79 Å². The van der Waals surface area contributed by atoms with Crippen LogP contribution in [0.25, 0.3) is 0 Å². The number of hydrogen-bond donors (Lipinski definition) is 1. The van der Waals surface area contributed by atoms with Crippen LogP contribution >= 0.6 is 11.6 Å². The molecule has 0 radical (unpaired) electrons. The summed E-state index contributed by atoms with van der Waals surface area (Å²) in [4.78, 5) is 24.9. The smallest absolute Gasteiger partial charge is 0.343 e. The molecule has 0 saturated heterocycles. The van der Waals surface area contributed by atoms with Crippen LogP contribution in [-0.4, -0.2) is 34.6 Å². The van der Waals surface area contributed by atoms with Crippen LogP contribution in [0.1, 0.15) is 48.3 Å². The Morgan fingerprint density at radius 2 is 2.10 bits per heavy atom. The number of fused-ring (bicyclic) bond motifs is 1. The van der Waals surface area contributed by atoms with E-state index < -0.39 is 18.0 Å². The van der Waals surface area contributed by atoms with Crippen molar-refractivity contribution in [3.63, 3.8) is 0 Å². The number of aryl methyl sites for hydroxylation is 2. The second-order valence-corrected chi connectivity index (χ2v) is 7.14. The van der Waals surface area contributed by atoms with Crippen LogP contribution in [0.2, 0.25) is 5.15 Å². The van der Waals surface area contributed by atoms with E-state index in [0.29, 0.717) is 23.7 Å². The molecule has 0 saturated carbocycles. The van der Waals surface area contributed by atoms with Crippen molar-refractivity contribution in [2.75, 3.05) is 6.79 Å². The van der Waals surface area contributed by atoms with E-state index in [1.807, 2.05) is 6.07 Å². The summed E-state index contributed by atoms with van der Waals surface area (Å²) in [5.74, 6) is 0.236. The highest BCUT2D eigenvalue weighted by atomic mass is 35.5. The summed E-state index contributed by atoms with van der Waals surface area (Å²) in [6.45, 7) is 6.34. The van der Waals surface area contributed by atoms with Gasteiger partial charge in [0.15, 0.2) is 17.6 Å². The molecule has 1 aliphatic heterocycles. The number of amides is 1. The molecule has 29 heavy (non-hydrogen) atoms. The highest BCUT2D eigenvalue weighted by Crippen LogP contribution is 2.32. The Kier molecular flexibility index (Phi) is 6.64. The minimum absolute atomic E-state index is 0.190. The summed E-state index contributed by atoms with van der Waals surface area (Å²) in [5.41, 5.74) is 1.51. The van der Waals surface area contributed by atoms with Crippen molar-refractivity contribution in [1.29, 1.82) is 0 Å². The quantitative estimate of drug-likeness (QED) is 0.658. The zero-order valence-electron chi connectivity index (χ0n) is 16.7. The minimum atomic E-state index is -0.981. The molecule has 0 unspecified atom stereocenters. The van der Waals surface area contributed by atoms with Crippen LogP contribution in [0.3, 0.4) is 0 Å². The van der Waals surface area contributed by atoms with Crippen molar-refractivity contribution in [1.82, 2.24) is 15.1 Å². The summed E-state index contributed by atoms with van der Waals surface area (Å²) in [5, 5.41) is 7.26. The standard InChI is InChI=1S/C20H24ClN3O5/c1-4-5-8-24-18(21)17(12(2)23-24)20(26)29-13(3)19(25)22-10-14-6-7-15-16(9-14)28-11-27-15/h6-7,9,13H,4-5,8,10-11H2,1-3H3,(H,22,25)/t13-/m0/s1. The van der Waals surface area contributed by atoms with E-state index >= 15 is 0 Å². The van der Waals surface area contributed by atoms with Crippen molar-refractivity contribution in [3.05, 3.63) is 40.2 Å². The Balaban J connectivity index is 1.56. The third kappa shape index (κ3) is 4.82. The molecule has 1 aromatic heterocycles. The van der Waals surface area contributed by atoms with Gasteiger partial charge in [0.25, 0.3) is 5.91 Å². The first kappa shape index (κ1) is 21.0. The highest BCUT2D eigenvalue weighted by molar-refractivity contribution is 6.32. The van der Waals surface area contributed by atoms with E-state index in [1.165, 1.54) is 6.92 Å². The fraction of sp³-hybridized carbons (Fsp3) is 0.450. The topological polar surface area (TPSA) is 91.7 Å². The van der Waals surface area contributed by atoms with Gasteiger partial charge in [-0.1, -0.05) is 31.0 Å². The Hall–Kier alpha value is -2.74. The minimum Gasteiger partial charge on any atom is -0.454 e. The van der Waals surface area contributed by atoms with Crippen molar-refractivity contribution in [2.24, 2.45) is 0 Å². The second kappa shape index (κ2) is 9.17. The van der Waals surface area contributed by atoms with Gasteiger partial charge in [-0.25, -0.2) is 4.79 Å². The number of nitrogens with zero attached hydrogens (tertiary/aromatic N) is 2. The maximum atomic E-state index is 12.5. The molecule has 1 amide bonds. The third-order valence-electron chi connectivity index (χ3n) is 4.55. The molecular formula is C20H24ClN3O5. The molecule has 156 valence electrons. The molecule has 0 aliphatic carbocycles. The van der Waals surface area contributed by atoms with Crippen LogP contribution in [-0.2, 0) is 22.6 Å². The zero-order chi connectivity index (χ0) is 21.0. The number of rotatable bonds is 8. The largest absolute Gasteiger partial charge is 0.454 e. The Morgan fingerprint density at radius 1 is 1.34 bits per heavy atom. The van der Waals surface area contributed by atoms with Crippen LogP contribution in [0.4, 0.5) is 0 Å². The Bertz CT molecular complexity index is 912. The van der Waals surface area contributed by atoms with Gasteiger partial charge in [-0.05, 0) is 38.0 Å². The summed E-state index contributed by atoms with van der Waals surface area (Å²) in [7, 11) is 0. The first-order valence-electron chi connectivity index (χ1n) is 9.50. The number of unbranched alkanes of at least 4 members (excludes halogenated alkanes) is 1. The molecule has 1 aromatic carbocycles. The summed E-state index contributed by atoms with van der Waals surface area (Å²) in [6.07, 6.45) is 0.898. The molecule has 2 aromatic rings. The summed E-state index contributed by atoms with van der Waals surface area (Å²) in [6, 6.07) is 5.42. The second-order valence-electron chi connectivity index (χ2n) is 6.78. The van der Waals surface area contributed by atoms with Crippen LogP contribution in [0.5, 0.6) is 11.5 Å². The SMILES string of the molecule is CCCCn1nc(C)c(C(=O)O[C@@H](C)C(=O)NCc2ccc3c(c2)OCO3)c1Cl. The number of halogens is 1. The van der Waals surface area contributed by atoms with Gasteiger partial charge < -0.3 is 19.5 Å². The maximum absolute atomic E-state index is 12.5. The molecule has 3 rings (SSSR count). The lowest BCUT2D eigenvalue weighted by atomic mass is 10.2. The van der Waals surface area contributed by atoms with Gasteiger partial charge in [-0.2, -0.15) is 5.10 Å². The van der Waals surface area contributed by atoms with Crippen LogP contribution in [0.15, 0.2) is 18.2 Å². The molecule has 9 heteroatoms. The molecule has 2 heterocycles. The summed E-state index contributed by atoms with van der Waals surface area (Å²) < 4.78 is 17.5. The van der Waals surface area contributed by atoms with Crippen molar-refractivity contribution >= 4 is 23.5 Å². The van der Waals surface area contributed by atoms with Crippen molar-refractivity contribution < 1.29 is 23.8 Å². The number of benzene rings is 1. The predicted octanol–water partition coefficient (Wildman–Crippen LogP) is 3.24. The maximum Gasteiger partial charge on any atom is 0.343 e. The van der Waals surface area contributed by atoms with Gasteiger partial charge in [-0.3, -0.25) is 9.48 Å². The van der Waals surface area contributed by atoms with E-state index in [4.69, 9.17) is 25.8 Å². The van der Waals surface area contributed by atoms with Gasteiger partial charge in [-0.15, -0.1) is 0 Å². The van der Waals surface area contributed by atoms with E-state index in [-0.39, 0.29) is 24.1 Å². The molecule has 8 nitrogen and oxygen atoms in total. The molecule has 1 N–H and O–H groups in total. The zero-order valence-corrected chi connectivity index (χ0v) is 17.4. The van der Waals surface area contributed by atoms with E-state index in [0.717, 1.165) is 18.4 Å². The lowest BCUT2D eigenvalue weighted by molar-refractivity contribution is -0.129. The van der Waals surface area contributed by atoms with Crippen molar-refractivity contribution in [3.8, 4) is 11.5 Å². The van der Waals surface area contributed by atoms with Crippen LogP contribution in [0, 0.1) is 6.92 Å². The Labute approximate surface area is 174 Å². The first-order chi connectivity index (χ1) is 13.9. The van der Waals surface area contributed by atoms with Gasteiger partial charge >= 0.3 is 5.97 Å².